The molecular formula is C19H18ClN5O2. The Kier molecular flexibility index (Phi) is 5.27. The van der Waals surface area contributed by atoms with E-state index < -0.39 is 6.03 Å². The zero-order valence-corrected chi connectivity index (χ0v) is 15.2. The summed E-state index contributed by atoms with van der Waals surface area (Å²) in [5.41, 5.74) is 4.07. The number of urea groups is 1. The van der Waals surface area contributed by atoms with Gasteiger partial charge in [0.1, 0.15) is 0 Å². The predicted molar refractivity (Wildman–Crippen MR) is 107 cm³/mol. The van der Waals surface area contributed by atoms with E-state index in [4.69, 9.17) is 23.3 Å². The van der Waals surface area contributed by atoms with Gasteiger partial charge in [0.25, 0.3) is 5.91 Å². The van der Waals surface area contributed by atoms with Crippen molar-refractivity contribution in [2.75, 3.05) is 10.3 Å². The van der Waals surface area contributed by atoms with Crippen molar-refractivity contribution < 1.29 is 9.59 Å². The van der Waals surface area contributed by atoms with Crippen LogP contribution in [0.1, 0.15) is 15.9 Å². The number of hydrogen-bond donors (Lipinski definition) is 4. The molecule has 7 nitrogen and oxygen atoms in total. The zero-order valence-electron chi connectivity index (χ0n) is 14.5. The molecule has 0 spiro atoms. The van der Waals surface area contributed by atoms with Gasteiger partial charge in [-0.3, -0.25) is 10.2 Å². The second-order valence-electron chi connectivity index (χ2n) is 6.00. The molecule has 0 aliphatic carbocycles. The van der Waals surface area contributed by atoms with Crippen LogP contribution in [0.25, 0.3) is 10.8 Å². The first-order chi connectivity index (χ1) is 12.9. The maximum atomic E-state index is 12.7. The van der Waals surface area contributed by atoms with Crippen LogP contribution in [0.4, 0.5) is 16.2 Å². The fourth-order valence-corrected chi connectivity index (χ4v) is 2.86. The number of anilines is 2. The summed E-state index contributed by atoms with van der Waals surface area (Å²) in [5.74, 6) is 10.5. The molecule has 0 saturated heterocycles. The Morgan fingerprint density at radius 2 is 1.70 bits per heavy atom. The number of nitrogens with two attached hydrogens (primary N) is 2. The highest BCUT2D eigenvalue weighted by molar-refractivity contribution is 6.31. The van der Waals surface area contributed by atoms with Crippen LogP contribution in [0.3, 0.4) is 0 Å². The van der Waals surface area contributed by atoms with E-state index in [2.05, 4.69) is 5.32 Å². The summed E-state index contributed by atoms with van der Waals surface area (Å²) in [6, 6.07) is 15.3. The van der Waals surface area contributed by atoms with E-state index in [1.54, 1.807) is 24.3 Å². The smallest absolute Gasteiger partial charge is 0.320 e. The van der Waals surface area contributed by atoms with Crippen molar-refractivity contribution in [3.05, 3.63) is 70.7 Å². The Bertz CT molecular complexity index is 1040. The van der Waals surface area contributed by atoms with Crippen molar-refractivity contribution in [1.82, 2.24) is 5.43 Å². The van der Waals surface area contributed by atoms with Crippen molar-refractivity contribution >= 4 is 45.7 Å². The molecule has 0 aliphatic heterocycles. The molecule has 0 aliphatic rings. The molecule has 8 heteroatoms. The van der Waals surface area contributed by atoms with Gasteiger partial charge >= 0.3 is 6.03 Å². The van der Waals surface area contributed by atoms with Gasteiger partial charge in [-0.25, -0.2) is 21.5 Å². The van der Waals surface area contributed by atoms with E-state index in [1.807, 2.05) is 36.6 Å². The van der Waals surface area contributed by atoms with Gasteiger partial charge in [0.15, 0.2) is 0 Å². The molecule has 3 aromatic carbocycles. The third kappa shape index (κ3) is 4.01. The minimum Gasteiger partial charge on any atom is -0.320 e. The Morgan fingerprint density at radius 1 is 1.00 bits per heavy atom. The Morgan fingerprint density at radius 3 is 2.44 bits per heavy atom. The fraction of sp³-hybridized carbons (Fsp3) is 0.0526. The SMILES string of the molecule is Cc1ccc2cc(C(=O)Nc3ccc(Cl)cc3N(N)C(=O)NN)ccc2c1. The quantitative estimate of drug-likeness (QED) is 0.315. The highest BCUT2D eigenvalue weighted by Crippen LogP contribution is 2.29. The standard InChI is InChI=1S/C19H18ClN5O2/c1-11-2-3-13-9-14(5-4-12(13)8-11)18(26)23-16-7-6-15(20)10-17(16)25(22)19(27)24-21/h2-10H,21-22H2,1H3,(H,23,26)(H,24,27). The van der Waals surface area contributed by atoms with Gasteiger partial charge in [0.2, 0.25) is 0 Å². The molecule has 0 aromatic heterocycles. The molecule has 0 bridgehead atoms. The summed E-state index contributed by atoms with van der Waals surface area (Å²) in [5, 5.41) is 5.87. The summed E-state index contributed by atoms with van der Waals surface area (Å²) in [4.78, 5) is 24.4. The van der Waals surface area contributed by atoms with Crippen LogP contribution < -0.4 is 27.4 Å². The first-order valence-electron chi connectivity index (χ1n) is 8.06. The van der Waals surface area contributed by atoms with Crippen molar-refractivity contribution in [3.63, 3.8) is 0 Å². The molecule has 6 N–H and O–H groups in total. The first-order valence-corrected chi connectivity index (χ1v) is 8.43. The maximum absolute atomic E-state index is 12.7. The van der Waals surface area contributed by atoms with Crippen LogP contribution in [-0.4, -0.2) is 11.9 Å². The highest BCUT2D eigenvalue weighted by atomic mass is 35.5. The summed E-state index contributed by atoms with van der Waals surface area (Å²) in [6.45, 7) is 2.01. The molecule has 0 saturated carbocycles. The first kappa shape index (κ1) is 18.7. The average molecular weight is 384 g/mol. The largest absolute Gasteiger partial charge is 0.350 e. The monoisotopic (exact) mass is 383 g/mol. The highest BCUT2D eigenvalue weighted by Gasteiger charge is 2.17. The van der Waals surface area contributed by atoms with Crippen molar-refractivity contribution in [2.24, 2.45) is 11.7 Å². The maximum Gasteiger partial charge on any atom is 0.350 e. The number of amides is 3. The van der Waals surface area contributed by atoms with E-state index in [0.717, 1.165) is 21.3 Å². The van der Waals surface area contributed by atoms with Gasteiger partial charge in [0.05, 0.1) is 11.4 Å². The number of benzene rings is 3. The zero-order chi connectivity index (χ0) is 19.6. The number of nitrogens with zero attached hydrogens (tertiary/aromatic N) is 1. The Hall–Kier alpha value is -3.13. The molecule has 0 heterocycles. The fourth-order valence-electron chi connectivity index (χ4n) is 2.69. The second kappa shape index (κ2) is 7.63. The molecule has 138 valence electrons. The number of hydrogen-bond acceptors (Lipinski definition) is 4. The van der Waals surface area contributed by atoms with Gasteiger partial charge in [-0.05, 0) is 48.0 Å². The van der Waals surface area contributed by atoms with Crippen LogP contribution in [0, 0.1) is 6.92 Å². The molecule has 3 rings (SSSR count). The van der Waals surface area contributed by atoms with E-state index in [9.17, 15) is 9.59 Å². The summed E-state index contributed by atoms with van der Waals surface area (Å²) in [7, 11) is 0. The number of fused-ring (bicyclic) bond motifs is 1. The second-order valence-corrected chi connectivity index (χ2v) is 6.44. The van der Waals surface area contributed by atoms with E-state index in [1.165, 1.54) is 6.07 Å². The van der Waals surface area contributed by atoms with Crippen LogP contribution in [0.15, 0.2) is 54.6 Å². The summed E-state index contributed by atoms with van der Waals surface area (Å²) in [6.07, 6.45) is 0. The van der Waals surface area contributed by atoms with Crippen molar-refractivity contribution in [3.8, 4) is 0 Å². The number of aryl methyl sites for hydroxylation is 1. The number of nitrogens with one attached hydrogen (secondary N) is 2. The minimum atomic E-state index is -0.756. The van der Waals surface area contributed by atoms with Crippen molar-refractivity contribution in [1.29, 1.82) is 0 Å². The van der Waals surface area contributed by atoms with E-state index in [0.29, 0.717) is 16.3 Å². The topological polar surface area (TPSA) is 113 Å². The molecule has 0 radical (unpaired) electrons. The summed E-state index contributed by atoms with van der Waals surface area (Å²) >= 11 is 5.98. The predicted octanol–water partition coefficient (Wildman–Crippen LogP) is 3.32. The lowest BCUT2D eigenvalue weighted by Crippen LogP contribution is -2.48. The lowest BCUT2D eigenvalue weighted by Gasteiger charge is -2.20. The molecular weight excluding hydrogens is 366 g/mol. The van der Waals surface area contributed by atoms with Gasteiger partial charge in [-0.15, -0.1) is 0 Å². The Labute approximate surface area is 160 Å². The molecule has 0 fully saturated rings. The van der Waals surface area contributed by atoms with E-state index >= 15 is 0 Å². The molecule has 27 heavy (non-hydrogen) atoms. The average Bonchev–Trinajstić information content (AvgIpc) is 2.67. The van der Waals surface area contributed by atoms with Gasteiger partial charge < -0.3 is 5.32 Å². The molecule has 0 atom stereocenters. The van der Waals surface area contributed by atoms with Crippen LogP contribution in [0.5, 0.6) is 0 Å². The number of carbonyl (C=O) groups excluding carboxylic acids is 2. The van der Waals surface area contributed by atoms with Gasteiger partial charge in [-0.2, -0.15) is 0 Å². The third-order valence-corrected chi connectivity index (χ3v) is 4.30. The van der Waals surface area contributed by atoms with Crippen LogP contribution in [-0.2, 0) is 0 Å². The number of halogens is 1. The van der Waals surface area contributed by atoms with Crippen LogP contribution >= 0.6 is 11.6 Å². The van der Waals surface area contributed by atoms with Gasteiger partial charge in [-0.1, -0.05) is 41.4 Å². The molecule has 3 aromatic rings. The number of rotatable bonds is 3. The third-order valence-electron chi connectivity index (χ3n) is 4.07. The lowest BCUT2D eigenvalue weighted by atomic mass is 10.0. The minimum absolute atomic E-state index is 0.204. The van der Waals surface area contributed by atoms with E-state index in [-0.39, 0.29) is 11.6 Å². The molecule has 3 amide bonds. The summed E-state index contributed by atoms with van der Waals surface area (Å²) < 4.78 is 0. The number of hydrazine groups is 2. The Balaban J connectivity index is 1.92. The van der Waals surface area contributed by atoms with Gasteiger partial charge in [0, 0.05) is 10.6 Å². The normalized spacial score (nSPS) is 10.5. The van der Waals surface area contributed by atoms with Crippen molar-refractivity contribution in [2.45, 2.75) is 6.92 Å². The lowest BCUT2D eigenvalue weighted by molar-refractivity contribution is 0.102. The molecule has 0 unspecified atom stereocenters. The van der Waals surface area contributed by atoms with Crippen LogP contribution in [0.2, 0.25) is 5.02 Å². The number of carbonyl (C=O) groups is 2.